The SMILES string of the molecule is Oc1ccc2c(c1O)OCC(c1cccc(F)c1)C2. The van der Waals surface area contributed by atoms with Crippen LogP contribution in [0, 0.1) is 5.82 Å². The summed E-state index contributed by atoms with van der Waals surface area (Å²) < 4.78 is 18.7. The molecule has 3 rings (SSSR count). The van der Waals surface area contributed by atoms with Crippen LogP contribution in [0.4, 0.5) is 4.39 Å². The molecule has 0 fully saturated rings. The Hall–Kier alpha value is -2.23. The Kier molecular flexibility index (Phi) is 2.78. The normalized spacial score (nSPS) is 17.6. The standard InChI is InChI=1S/C15H13FO3/c16-12-3-1-2-9(7-12)11-6-10-4-5-13(17)14(18)15(10)19-8-11/h1-5,7,11,17-18H,6,8H2. The van der Waals surface area contributed by atoms with E-state index in [4.69, 9.17) is 4.74 Å². The number of halogens is 1. The van der Waals surface area contributed by atoms with Crippen molar-refractivity contribution in [3.8, 4) is 17.2 Å². The Balaban J connectivity index is 1.93. The van der Waals surface area contributed by atoms with Gasteiger partial charge in [-0.1, -0.05) is 18.2 Å². The molecule has 0 spiro atoms. The van der Waals surface area contributed by atoms with Crippen LogP contribution in [0.1, 0.15) is 17.0 Å². The summed E-state index contributed by atoms with van der Waals surface area (Å²) in [5.74, 6) is -0.310. The molecular weight excluding hydrogens is 247 g/mol. The van der Waals surface area contributed by atoms with Crippen molar-refractivity contribution >= 4 is 0 Å². The van der Waals surface area contributed by atoms with Crippen LogP contribution < -0.4 is 4.74 Å². The number of aromatic hydroxyl groups is 2. The third-order valence-corrected chi connectivity index (χ3v) is 3.41. The van der Waals surface area contributed by atoms with Crippen LogP contribution in [-0.4, -0.2) is 16.8 Å². The summed E-state index contributed by atoms with van der Waals surface area (Å²) in [7, 11) is 0. The van der Waals surface area contributed by atoms with Gasteiger partial charge in [-0.15, -0.1) is 0 Å². The minimum atomic E-state index is -0.267. The van der Waals surface area contributed by atoms with Gasteiger partial charge in [-0.3, -0.25) is 0 Å². The summed E-state index contributed by atoms with van der Waals surface area (Å²) in [4.78, 5) is 0. The first kappa shape index (κ1) is 11.8. The molecule has 4 heteroatoms. The highest BCUT2D eigenvalue weighted by Gasteiger charge is 2.25. The van der Waals surface area contributed by atoms with Crippen molar-refractivity contribution in [2.45, 2.75) is 12.3 Å². The predicted molar refractivity (Wildman–Crippen MR) is 68.1 cm³/mol. The van der Waals surface area contributed by atoms with Gasteiger partial charge >= 0.3 is 0 Å². The Morgan fingerprint density at radius 2 is 2.00 bits per heavy atom. The van der Waals surface area contributed by atoms with Gasteiger partial charge in [0.1, 0.15) is 5.82 Å². The monoisotopic (exact) mass is 260 g/mol. The highest BCUT2D eigenvalue weighted by atomic mass is 19.1. The zero-order chi connectivity index (χ0) is 13.4. The second-order valence-electron chi connectivity index (χ2n) is 4.69. The second-order valence-corrected chi connectivity index (χ2v) is 4.69. The maximum Gasteiger partial charge on any atom is 0.200 e. The molecule has 0 amide bonds. The van der Waals surface area contributed by atoms with Gasteiger partial charge in [-0.25, -0.2) is 4.39 Å². The number of hydrogen-bond acceptors (Lipinski definition) is 3. The van der Waals surface area contributed by atoms with E-state index in [1.165, 1.54) is 18.2 Å². The highest BCUT2D eigenvalue weighted by Crippen LogP contribution is 2.43. The molecule has 0 bridgehead atoms. The smallest absolute Gasteiger partial charge is 0.200 e. The molecule has 1 atom stereocenters. The van der Waals surface area contributed by atoms with Crippen LogP contribution in [0.15, 0.2) is 36.4 Å². The van der Waals surface area contributed by atoms with Crippen molar-refractivity contribution in [1.82, 2.24) is 0 Å². The lowest BCUT2D eigenvalue weighted by molar-refractivity contribution is 0.246. The number of fused-ring (bicyclic) bond motifs is 1. The fraction of sp³-hybridized carbons (Fsp3) is 0.200. The number of hydrogen-bond donors (Lipinski definition) is 2. The largest absolute Gasteiger partial charge is 0.504 e. The lowest BCUT2D eigenvalue weighted by Crippen LogP contribution is -2.19. The molecule has 0 saturated heterocycles. The number of benzene rings is 2. The summed E-state index contributed by atoms with van der Waals surface area (Å²) in [6.45, 7) is 0.355. The topological polar surface area (TPSA) is 49.7 Å². The molecule has 1 aliphatic heterocycles. The minimum Gasteiger partial charge on any atom is -0.504 e. The van der Waals surface area contributed by atoms with E-state index in [1.807, 2.05) is 6.07 Å². The van der Waals surface area contributed by atoms with Gasteiger partial charge < -0.3 is 14.9 Å². The summed E-state index contributed by atoms with van der Waals surface area (Å²) in [5.41, 5.74) is 1.69. The van der Waals surface area contributed by atoms with Gasteiger partial charge in [0.2, 0.25) is 5.75 Å². The van der Waals surface area contributed by atoms with Crippen molar-refractivity contribution in [3.05, 3.63) is 53.3 Å². The van der Waals surface area contributed by atoms with Crippen molar-refractivity contribution in [2.75, 3.05) is 6.61 Å². The van der Waals surface area contributed by atoms with Crippen molar-refractivity contribution in [1.29, 1.82) is 0 Å². The van der Waals surface area contributed by atoms with E-state index in [0.717, 1.165) is 11.1 Å². The molecule has 1 unspecified atom stereocenters. The Labute approximate surface area is 109 Å². The first-order valence-electron chi connectivity index (χ1n) is 6.07. The highest BCUT2D eigenvalue weighted by molar-refractivity contribution is 5.55. The quantitative estimate of drug-likeness (QED) is 0.775. The van der Waals surface area contributed by atoms with Crippen molar-refractivity contribution in [2.24, 2.45) is 0 Å². The zero-order valence-corrected chi connectivity index (χ0v) is 10.1. The molecule has 2 aromatic rings. The van der Waals surface area contributed by atoms with Gasteiger partial charge in [0.25, 0.3) is 0 Å². The summed E-state index contributed by atoms with van der Waals surface area (Å²) in [6.07, 6.45) is 0.645. The third-order valence-electron chi connectivity index (χ3n) is 3.41. The molecule has 0 saturated carbocycles. The molecule has 1 aliphatic rings. The lowest BCUT2D eigenvalue weighted by atomic mass is 9.90. The Morgan fingerprint density at radius 1 is 1.16 bits per heavy atom. The van der Waals surface area contributed by atoms with Crippen LogP contribution in [0.25, 0.3) is 0 Å². The molecule has 0 aliphatic carbocycles. The summed E-state index contributed by atoms with van der Waals surface area (Å²) >= 11 is 0. The Bertz CT molecular complexity index is 625. The first-order chi connectivity index (χ1) is 9.15. The van der Waals surface area contributed by atoms with E-state index in [2.05, 4.69) is 0 Å². The number of rotatable bonds is 1. The maximum absolute atomic E-state index is 13.2. The van der Waals surface area contributed by atoms with Gasteiger partial charge in [-0.05, 0) is 35.7 Å². The maximum atomic E-state index is 13.2. The third kappa shape index (κ3) is 2.10. The van der Waals surface area contributed by atoms with E-state index in [0.29, 0.717) is 18.8 Å². The summed E-state index contributed by atoms with van der Waals surface area (Å²) in [5, 5.41) is 19.1. The van der Waals surface area contributed by atoms with E-state index in [-0.39, 0.29) is 23.2 Å². The molecule has 0 radical (unpaired) electrons. The second kappa shape index (κ2) is 4.46. The molecule has 0 aromatic heterocycles. The average Bonchev–Trinajstić information content (AvgIpc) is 2.43. The van der Waals surface area contributed by atoms with E-state index in [9.17, 15) is 14.6 Å². The van der Waals surface area contributed by atoms with Crippen LogP contribution in [-0.2, 0) is 6.42 Å². The van der Waals surface area contributed by atoms with Crippen molar-refractivity contribution in [3.63, 3.8) is 0 Å². The molecule has 2 N–H and O–H groups in total. The fourth-order valence-electron chi connectivity index (χ4n) is 2.41. The van der Waals surface area contributed by atoms with Gasteiger partial charge in [0, 0.05) is 5.92 Å². The van der Waals surface area contributed by atoms with E-state index < -0.39 is 0 Å². The number of ether oxygens (including phenoxy) is 1. The molecular formula is C15H13FO3. The van der Waals surface area contributed by atoms with Crippen molar-refractivity contribution < 1.29 is 19.3 Å². The average molecular weight is 260 g/mol. The molecule has 1 heterocycles. The molecule has 19 heavy (non-hydrogen) atoms. The van der Waals surface area contributed by atoms with E-state index >= 15 is 0 Å². The van der Waals surface area contributed by atoms with E-state index in [1.54, 1.807) is 12.1 Å². The fourth-order valence-corrected chi connectivity index (χ4v) is 2.41. The molecule has 3 nitrogen and oxygen atoms in total. The van der Waals surface area contributed by atoms with Crippen LogP contribution in [0.3, 0.4) is 0 Å². The Morgan fingerprint density at radius 3 is 2.79 bits per heavy atom. The first-order valence-corrected chi connectivity index (χ1v) is 6.07. The molecule has 98 valence electrons. The van der Waals surface area contributed by atoms with Gasteiger partial charge in [-0.2, -0.15) is 0 Å². The zero-order valence-electron chi connectivity index (χ0n) is 10.1. The van der Waals surface area contributed by atoms with Crippen LogP contribution >= 0.6 is 0 Å². The predicted octanol–water partition coefficient (Wildman–Crippen LogP) is 2.96. The molecule has 2 aromatic carbocycles. The summed E-state index contributed by atoms with van der Waals surface area (Å²) in [6, 6.07) is 9.60. The van der Waals surface area contributed by atoms with Crippen LogP contribution in [0.2, 0.25) is 0 Å². The van der Waals surface area contributed by atoms with Crippen LogP contribution in [0.5, 0.6) is 17.2 Å². The number of phenolic OH excluding ortho intramolecular Hbond substituents is 2. The van der Waals surface area contributed by atoms with Gasteiger partial charge in [0.15, 0.2) is 11.5 Å². The lowest BCUT2D eigenvalue weighted by Gasteiger charge is -2.26. The number of phenols is 2. The van der Waals surface area contributed by atoms with Gasteiger partial charge in [0.05, 0.1) is 6.61 Å². The minimum absolute atomic E-state index is 0.0483.